The second-order valence-corrected chi connectivity index (χ2v) is 6.56. The molecule has 1 amide bonds. The molecule has 1 aromatic carbocycles. The highest BCUT2D eigenvalue weighted by Gasteiger charge is 2.40. The summed E-state index contributed by atoms with van der Waals surface area (Å²) in [6, 6.07) is 5.48. The van der Waals surface area contributed by atoms with E-state index in [9.17, 15) is 9.90 Å². The van der Waals surface area contributed by atoms with Crippen LogP contribution in [0.1, 0.15) is 39.2 Å². The number of hydrogen-bond acceptors (Lipinski definition) is 4. The highest BCUT2D eigenvalue weighted by atomic mass is 16.6. The van der Waals surface area contributed by atoms with Crippen LogP contribution in [0, 0.1) is 0 Å². The lowest BCUT2D eigenvalue weighted by molar-refractivity contribution is 0.0635. The zero-order valence-corrected chi connectivity index (χ0v) is 13.0. The van der Waals surface area contributed by atoms with Crippen molar-refractivity contribution >= 4 is 11.8 Å². The molecule has 116 valence electrons. The van der Waals surface area contributed by atoms with Crippen LogP contribution < -0.4 is 10.1 Å². The van der Waals surface area contributed by atoms with Crippen molar-refractivity contribution in [2.75, 3.05) is 12.4 Å². The van der Waals surface area contributed by atoms with Crippen LogP contribution in [-0.4, -0.2) is 29.5 Å². The van der Waals surface area contributed by atoms with Gasteiger partial charge in [0.15, 0.2) is 0 Å². The quantitative estimate of drug-likeness (QED) is 0.895. The van der Waals surface area contributed by atoms with Crippen molar-refractivity contribution in [2.45, 2.75) is 51.2 Å². The molecule has 0 aromatic heterocycles. The molecule has 0 unspecified atom stereocenters. The molecule has 0 bridgehead atoms. The fourth-order valence-electron chi connectivity index (χ4n) is 2.06. The molecule has 0 heterocycles. The van der Waals surface area contributed by atoms with Gasteiger partial charge in [0.2, 0.25) is 0 Å². The molecule has 2 N–H and O–H groups in total. The van der Waals surface area contributed by atoms with E-state index in [0.717, 1.165) is 18.4 Å². The predicted octanol–water partition coefficient (Wildman–Crippen LogP) is 3.11. The Balaban J connectivity index is 2.07. The Morgan fingerprint density at radius 2 is 2.05 bits per heavy atom. The van der Waals surface area contributed by atoms with Gasteiger partial charge in [0.1, 0.15) is 11.4 Å². The Kier molecular flexibility index (Phi) is 4.14. The van der Waals surface area contributed by atoms with Crippen molar-refractivity contribution in [1.82, 2.24) is 0 Å². The maximum Gasteiger partial charge on any atom is 0.412 e. The topological polar surface area (TPSA) is 67.8 Å². The van der Waals surface area contributed by atoms with Gasteiger partial charge in [0.25, 0.3) is 0 Å². The van der Waals surface area contributed by atoms with Gasteiger partial charge in [-0.15, -0.1) is 0 Å². The third-order valence-electron chi connectivity index (χ3n) is 3.26. The summed E-state index contributed by atoms with van der Waals surface area (Å²) in [7, 11) is 1.55. The van der Waals surface area contributed by atoms with E-state index in [-0.39, 0.29) is 0 Å². The van der Waals surface area contributed by atoms with Gasteiger partial charge in [-0.2, -0.15) is 0 Å². The van der Waals surface area contributed by atoms with Crippen LogP contribution in [0.3, 0.4) is 0 Å². The van der Waals surface area contributed by atoms with Crippen LogP contribution in [0.2, 0.25) is 0 Å². The zero-order chi connectivity index (χ0) is 15.7. The van der Waals surface area contributed by atoms with E-state index in [0.29, 0.717) is 17.9 Å². The first kappa shape index (κ1) is 15.6. The lowest BCUT2D eigenvalue weighted by atomic mass is 10.1. The van der Waals surface area contributed by atoms with Crippen molar-refractivity contribution < 1.29 is 19.4 Å². The summed E-state index contributed by atoms with van der Waals surface area (Å²) >= 11 is 0. The Morgan fingerprint density at radius 1 is 1.38 bits per heavy atom. The second-order valence-electron chi connectivity index (χ2n) is 6.56. The highest BCUT2D eigenvalue weighted by molar-refractivity contribution is 5.87. The molecule has 0 radical (unpaired) electrons. The van der Waals surface area contributed by atoms with E-state index < -0.39 is 17.3 Å². The van der Waals surface area contributed by atoms with Crippen molar-refractivity contribution in [1.29, 1.82) is 0 Å². The Bertz CT molecular complexity index is 530. The summed E-state index contributed by atoms with van der Waals surface area (Å²) in [4.78, 5) is 11.8. The number of aliphatic hydroxyl groups is 1. The first-order valence-electron chi connectivity index (χ1n) is 7.10. The van der Waals surface area contributed by atoms with Crippen molar-refractivity contribution in [3.05, 3.63) is 23.8 Å². The number of hydrogen-bond donors (Lipinski definition) is 2. The molecule has 0 atom stereocenters. The molecular formula is C16H23NO4. The van der Waals surface area contributed by atoms with Crippen molar-refractivity contribution in [3.8, 4) is 5.75 Å². The number of carbonyl (C=O) groups excluding carboxylic acids is 1. The second kappa shape index (κ2) is 5.56. The van der Waals surface area contributed by atoms with Crippen LogP contribution in [0.25, 0.3) is 0 Å². The van der Waals surface area contributed by atoms with E-state index in [1.54, 1.807) is 13.2 Å². The monoisotopic (exact) mass is 293 g/mol. The van der Waals surface area contributed by atoms with E-state index in [4.69, 9.17) is 9.47 Å². The molecule has 1 saturated carbocycles. The van der Waals surface area contributed by atoms with Crippen molar-refractivity contribution in [3.63, 3.8) is 0 Å². The highest BCUT2D eigenvalue weighted by Crippen LogP contribution is 2.39. The molecule has 0 aliphatic heterocycles. The molecule has 5 nitrogen and oxygen atoms in total. The van der Waals surface area contributed by atoms with Gasteiger partial charge in [-0.05, 0) is 51.3 Å². The van der Waals surface area contributed by atoms with E-state index in [1.807, 2.05) is 32.9 Å². The lowest BCUT2D eigenvalue weighted by Gasteiger charge is -2.20. The SMILES string of the molecule is COc1cc(CC2(O)CC2)ccc1NC(=O)OC(C)(C)C. The van der Waals surface area contributed by atoms with E-state index >= 15 is 0 Å². The molecule has 0 spiro atoms. The van der Waals surface area contributed by atoms with Gasteiger partial charge in [-0.25, -0.2) is 4.79 Å². The summed E-state index contributed by atoms with van der Waals surface area (Å²) in [5, 5.41) is 12.6. The minimum absolute atomic E-state index is 0.519. The Hall–Kier alpha value is -1.75. The molecule has 21 heavy (non-hydrogen) atoms. The van der Waals surface area contributed by atoms with E-state index in [1.165, 1.54) is 0 Å². The van der Waals surface area contributed by atoms with Gasteiger partial charge in [0.05, 0.1) is 18.4 Å². The summed E-state index contributed by atoms with van der Waals surface area (Å²) in [6.45, 7) is 5.43. The largest absolute Gasteiger partial charge is 0.495 e. The molecule has 1 aliphatic carbocycles. The number of nitrogens with one attached hydrogen (secondary N) is 1. The molecule has 2 rings (SSSR count). The number of methoxy groups -OCH3 is 1. The summed E-state index contributed by atoms with van der Waals surface area (Å²) in [5.41, 5.74) is 0.442. The standard InChI is InChI=1S/C16H23NO4/c1-15(2,3)21-14(18)17-12-6-5-11(9-13(12)20-4)10-16(19)7-8-16/h5-6,9,19H,7-8,10H2,1-4H3,(H,17,18). The van der Waals surface area contributed by atoms with Crippen LogP contribution in [0.4, 0.5) is 10.5 Å². The van der Waals surface area contributed by atoms with Gasteiger partial charge < -0.3 is 14.6 Å². The van der Waals surface area contributed by atoms with Crippen LogP contribution in [0.5, 0.6) is 5.75 Å². The third kappa shape index (κ3) is 4.63. The fraction of sp³-hybridized carbons (Fsp3) is 0.562. The van der Waals surface area contributed by atoms with Crippen LogP contribution in [0.15, 0.2) is 18.2 Å². The number of carbonyl (C=O) groups is 1. The van der Waals surface area contributed by atoms with Gasteiger partial charge in [-0.3, -0.25) is 5.32 Å². The predicted molar refractivity (Wildman–Crippen MR) is 80.7 cm³/mol. The first-order valence-corrected chi connectivity index (χ1v) is 7.10. The molecule has 1 fully saturated rings. The molecule has 0 saturated heterocycles. The smallest absolute Gasteiger partial charge is 0.412 e. The average Bonchev–Trinajstić information content (AvgIpc) is 3.06. The Morgan fingerprint density at radius 3 is 2.57 bits per heavy atom. The minimum Gasteiger partial charge on any atom is -0.495 e. The van der Waals surface area contributed by atoms with Crippen LogP contribution >= 0.6 is 0 Å². The molecular weight excluding hydrogens is 270 g/mol. The van der Waals surface area contributed by atoms with Gasteiger partial charge in [-0.1, -0.05) is 6.07 Å². The van der Waals surface area contributed by atoms with E-state index in [2.05, 4.69) is 5.32 Å². The normalized spacial score (nSPS) is 16.2. The summed E-state index contributed by atoms with van der Waals surface area (Å²) < 4.78 is 10.5. The number of anilines is 1. The van der Waals surface area contributed by atoms with Crippen molar-refractivity contribution in [2.24, 2.45) is 0 Å². The fourth-order valence-corrected chi connectivity index (χ4v) is 2.06. The first-order chi connectivity index (χ1) is 9.71. The maximum absolute atomic E-state index is 11.8. The van der Waals surface area contributed by atoms with Crippen LogP contribution in [-0.2, 0) is 11.2 Å². The van der Waals surface area contributed by atoms with Gasteiger partial charge in [0, 0.05) is 6.42 Å². The molecule has 1 aliphatic rings. The number of ether oxygens (including phenoxy) is 2. The maximum atomic E-state index is 11.8. The Labute approximate surface area is 125 Å². The number of rotatable bonds is 4. The molecule has 5 heteroatoms. The van der Waals surface area contributed by atoms with Gasteiger partial charge >= 0.3 is 6.09 Å². The summed E-state index contributed by atoms with van der Waals surface area (Å²) in [6.07, 6.45) is 1.77. The average molecular weight is 293 g/mol. The lowest BCUT2D eigenvalue weighted by Crippen LogP contribution is -2.27. The molecule has 1 aromatic rings. The number of amides is 1. The third-order valence-corrected chi connectivity index (χ3v) is 3.26. The summed E-state index contributed by atoms with van der Waals surface area (Å²) in [5.74, 6) is 0.558. The number of benzene rings is 1. The zero-order valence-electron chi connectivity index (χ0n) is 13.0. The minimum atomic E-state index is -0.550.